The standard InChI is InChI=1S/C15H21BrN2O2/c1-4-18(15(20)14(17)10(2)3)9-13(19)11-5-7-12(16)8-6-11/h5-8,10,14H,4,9,17H2,1-3H3/t14-/m0/s1. The van der Waals surface area contributed by atoms with E-state index in [9.17, 15) is 9.59 Å². The number of benzene rings is 1. The Morgan fingerprint density at radius 2 is 1.80 bits per heavy atom. The molecule has 0 bridgehead atoms. The van der Waals surface area contributed by atoms with Gasteiger partial charge < -0.3 is 10.6 Å². The molecule has 0 spiro atoms. The van der Waals surface area contributed by atoms with E-state index in [0.717, 1.165) is 4.47 Å². The smallest absolute Gasteiger partial charge is 0.240 e. The molecule has 0 saturated heterocycles. The van der Waals surface area contributed by atoms with Gasteiger partial charge in [0.25, 0.3) is 0 Å². The van der Waals surface area contributed by atoms with Crippen molar-refractivity contribution in [1.82, 2.24) is 4.90 Å². The minimum Gasteiger partial charge on any atom is -0.334 e. The van der Waals surface area contributed by atoms with Crippen LogP contribution in [-0.4, -0.2) is 35.7 Å². The first-order chi connectivity index (χ1) is 9.36. The van der Waals surface area contributed by atoms with Crippen molar-refractivity contribution < 1.29 is 9.59 Å². The Bertz CT molecular complexity index is 471. The lowest BCUT2D eigenvalue weighted by Crippen LogP contribution is -2.48. The van der Waals surface area contributed by atoms with E-state index in [4.69, 9.17) is 5.73 Å². The van der Waals surface area contributed by atoms with Crippen LogP contribution >= 0.6 is 15.9 Å². The van der Waals surface area contributed by atoms with E-state index in [0.29, 0.717) is 12.1 Å². The first kappa shape index (κ1) is 16.9. The molecule has 110 valence electrons. The van der Waals surface area contributed by atoms with E-state index in [1.54, 1.807) is 12.1 Å². The maximum Gasteiger partial charge on any atom is 0.240 e. The summed E-state index contributed by atoms with van der Waals surface area (Å²) < 4.78 is 0.916. The summed E-state index contributed by atoms with van der Waals surface area (Å²) in [4.78, 5) is 25.9. The predicted molar refractivity (Wildman–Crippen MR) is 83.5 cm³/mol. The number of hydrogen-bond donors (Lipinski definition) is 1. The van der Waals surface area contributed by atoms with Crippen LogP contribution in [0.15, 0.2) is 28.7 Å². The fraction of sp³-hybridized carbons (Fsp3) is 0.467. The number of ketones is 1. The Balaban J connectivity index is 2.75. The number of Topliss-reactive ketones (excluding diaryl/α,β-unsaturated/α-hetero) is 1. The van der Waals surface area contributed by atoms with E-state index in [2.05, 4.69) is 15.9 Å². The molecule has 1 amide bonds. The Kier molecular flexibility index (Phi) is 6.36. The van der Waals surface area contributed by atoms with Crippen molar-refractivity contribution in [3.05, 3.63) is 34.3 Å². The second-order valence-corrected chi connectivity index (χ2v) is 5.97. The van der Waals surface area contributed by atoms with Gasteiger partial charge in [-0.05, 0) is 25.0 Å². The number of carbonyl (C=O) groups is 2. The van der Waals surface area contributed by atoms with Crippen molar-refractivity contribution in [2.45, 2.75) is 26.8 Å². The van der Waals surface area contributed by atoms with Gasteiger partial charge in [0.2, 0.25) is 5.91 Å². The van der Waals surface area contributed by atoms with Crippen molar-refractivity contribution in [3.63, 3.8) is 0 Å². The van der Waals surface area contributed by atoms with E-state index in [1.807, 2.05) is 32.9 Å². The molecule has 1 aromatic carbocycles. The highest BCUT2D eigenvalue weighted by Gasteiger charge is 2.24. The van der Waals surface area contributed by atoms with Gasteiger partial charge in [0.05, 0.1) is 12.6 Å². The highest BCUT2D eigenvalue weighted by atomic mass is 79.9. The van der Waals surface area contributed by atoms with E-state index in [1.165, 1.54) is 4.90 Å². The number of carbonyl (C=O) groups excluding carboxylic acids is 2. The SMILES string of the molecule is CCN(CC(=O)c1ccc(Br)cc1)C(=O)[C@@H](N)C(C)C. The minimum absolute atomic E-state index is 0.0549. The summed E-state index contributed by atoms with van der Waals surface area (Å²) in [6, 6.07) is 6.55. The zero-order chi connectivity index (χ0) is 15.3. The van der Waals surface area contributed by atoms with Crippen LogP contribution in [0.5, 0.6) is 0 Å². The van der Waals surface area contributed by atoms with Gasteiger partial charge >= 0.3 is 0 Å². The maximum absolute atomic E-state index is 12.2. The van der Waals surface area contributed by atoms with Gasteiger partial charge in [-0.3, -0.25) is 9.59 Å². The Morgan fingerprint density at radius 1 is 1.25 bits per heavy atom. The Labute approximate surface area is 128 Å². The number of nitrogens with two attached hydrogens (primary N) is 1. The number of nitrogens with zero attached hydrogens (tertiary/aromatic N) is 1. The van der Waals surface area contributed by atoms with Crippen LogP contribution in [0.2, 0.25) is 0 Å². The van der Waals surface area contributed by atoms with Gasteiger partial charge in [-0.25, -0.2) is 0 Å². The Morgan fingerprint density at radius 3 is 2.25 bits per heavy atom. The molecule has 0 aliphatic carbocycles. The summed E-state index contributed by atoms with van der Waals surface area (Å²) in [6.45, 7) is 6.18. The van der Waals surface area contributed by atoms with Crippen LogP contribution in [0.1, 0.15) is 31.1 Å². The molecule has 0 unspecified atom stereocenters. The lowest BCUT2D eigenvalue weighted by atomic mass is 10.0. The van der Waals surface area contributed by atoms with Crippen LogP contribution < -0.4 is 5.73 Å². The van der Waals surface area contributed by atoms with Crippen molar-refractivity contribution in [3.8, 4) is 0 Å². The molecular weight excluding hydrogens is 320 g/mol. The molecule has 0 fully saturated rings. The Hall–Kier alpha value is -1.20. The average molecular weight is 341 g/mol. The van der Waals surface area contributed by atoms with Gasteiger partial charge in [0.1, 0.15) is 0 Å². The van der Waals surface area contributed by atoms with Crippen LogP contribution in [0.3, 0.4) is 0 Å². The van der Waals surface area contributed by atoms with Gasteiger partial charge in [-0.1, -0.05) is 41.9 Å². The first-order valence-corrected chi connectivity index (χ1v) is 7.49. The molecule has 0 aromatic heterocycles. The van der Waals surface area contributed by atoms with Crippen LogP contribution in [-0.2, 0) is 4.79 Å². The zero-order valence-electron chi connectivity index (χ0n) is 12.1. The van der Waals surface area contributed by atoms with Gasteiger partial charge in [-0.15, -0.1) is 0 Å². The van der Waals surface area contributed by atoms with Crippen molar-refractivity contribution in [2.24, 2.45) is 11.7 Å². The predicted octanol–water partition coefficient (Wildman–Crippen LogP) is 2.46. The molecule has 0 radical (unpaired) electrons. The molecule has 1 aromatic rings. The molecule has 0 saturated carbocycles. The van der Waals surface area contributed by atoms with Crippen LogP contribution in [0.25, 0.3) is 0 Å². The molecule has 1 atom stereocenters. The second kappa shape index (κ2) is 7.55. The van der Waals surface area contributed by atoms with Gasteiger partial charge in [-0.2, -0.15) is 0 Å². The lowest BCUT2D eigenvalue weighted by Gasteiger charge is -2.25. The quantitative estimate of drug-likeness (QED) is 0.809. The number of amides is 1. The van der Waals surface area contributed by atoms with E-state index >= 15 is 0 Å². The third kappa shape index (κ3) is 4.42. The molecule has 0 aliphatic rings. The number of hydrogen-bond acceptors (Lipinski definition) is 3. The number of rotatable bonds is 6. The molecule has 0 heterocycles. The molecule has 5 heteroatoms. The molecule has 2 N–H and O–H groups in total. The molecule has 20 heavy (non-hydrogen) atoms. The fourth-order valence-corrected chi connectivity index (χ4v) is 2.01. The third-order valence-corrected chi connectivity index (χ3v) is 3.73. The maximum atomic E-state index is 12.2. The summed E-state index contributed by atoms with van der Waals surface area (Å²) >= 11 is 3.32. The number of halogens is 1. The normalized spacial score (nSPS) is 12.3. The van der Waals surface area contributed by atoms with Crippen molar-refractivity contribution in [2.75, 3.05) is 13.1 Å². The summed E-state index contributed by atoms with van der Waals surface area (Å²) in [5.41, 5.74) is 6.46. The van der Waals surface area contributed by atoms with Gasteiger partial charge in [0, 0.05) is 16.6 Å². The molecule has 4 nitrogen and oxygen atoms in total. The largest absolute Gasteiger partial charge is 0.334 e. The monoisotopic (exact) mass is 340 g/mol. The fourth-order valence-electron chi connectivity index (χ4n) is 1.74. The summed E-state index contributed by atoms with van der Waals surface area (Å²) in [5, 5.41) is 0. The second-order valence-electron chi connectivity index (χ2n) is 5.05. The molecule has 1 rings (SSSR count). The minimum atomic E-state index is -0.562. The van der Waals surface area contributed by atoms with E-state index in [-0.39, 0.29) is 24.2 Å². The van der Waals surface area contributed by atoms with Gasteiger partial charge in [0.15, 0.2) is 5.78 Å². The summed E-state index contributed by atoms with van der Waals surface area (Å²) in [7, 11) is 0. The van der Waals surface area contributed by atoms with E-state index < -0.39 is 6.04 Å². The summed E-state index contributed by atoms with van der Waals surface area (Å²) in [5.74, 6) is -0.198. The van der Waals surface area contributed by atoms with Crippen molar-refractivity contribution in [1.29, 1.82) is 0 Å². The number of likely N-dealkylation sites (N-methyl/N-ethyl adjacent to an activating group) is 1. The highest BCUT2D eigenvalue weighted by Crippen LogP contribution is 2.12. The highest BCUT2D eigenvalue weighted by molar-refractivity contribution is 9.10. The summed E-state index contributed by atoms with van der Waals surface area (Å²) in [6.07, 6.45) is 0. The van der Waals surface area contributed by atoms with Crippen LogP contribution in [0.4, 0.5) is 0 Å². The topological polar surface area (TPSA) is 63.4 Å². The third-order valence-electron chi connectivity index (χ3n) is 3.20. The zero-order valence-corrected chi connectivity index (χ0v) is 13.7. The van der Waals surface area contributed by atoms with Crippen molar-refractivity contribution >= 4 is 27.6 Å². The molecular formula is C15H21BrN2O2. The molecule has 0 aliphatic heterocycles. The van der Waals surface area contributed by atoms with Crippen LogP contribution in [0, 0.1) is 5.92 Å². The lowest BCUT2D eigenvalue weighted by molar-refractivity contribution is -0.132. The first-order valence-electron chi connectivity index (χ1n) is 6.70. The average Bonchev–Trinajstić information content (AvgIpc) is 2.43.